The molecule has 38 heavy (non-hydrogen) atoms. The van der Waals surface area contributed by atoms with Crippen molar-refractivity contribution in [3.63, 3.8) is 0 Å². The van der Waals surface area contributed by atoms with E-state index in [9.17, 15) is 4.79 Å². The Hall–Kier alpha value is -4.37. The van der Waals surface area contributed by atoms with Gasteiger partial charge in [0.15, 0.2) is 0 Å². The number of nitrogens with zero attached hydrogens (tertiary/aromatic N) is 5. The van der Waals surface area contributed by atoms with Crippen LogP contribution in [-0.4, -0.2) is 66.6 Å². The highest BCUT2D eigenvalue weighted by Gasteiger charge is 2.26. The number of benzene rings is 3. The van der Waals surface area contributed by atoms with Crippen LogP contribution in [0.1, 0.15) is 11.1 Å². The topological polar surface area (TPSA) is 85.9 Å². The van der Waals surface area contributed by atoms with Crippen LogP contribution in [0.3, 0.4) is 0 Å². The fourth-order valence-corrected chi connectivity index (χ4v) is 5.08. The van der Waals surface area contributed by atoms with E-state index in [2.05, 4.69) is 39.7 Å². The third-order valence-corrected chi connectivity index (χ3v) is 7.22. The van der Waals surface area contributed by atoms with Crippen LogP contribution in [0.4, 0.5) is 33.5 Å². The summed E-state index contributed by atoms with van der Waals surface area (Å²) in [4.78, 5) is 27.6. The van der Waals surface area contributed by atoms with E-state index >= 15 is 0 Å². The Balaban J connectivity index is 1.24. The fraction of sp³-hybridized carbons (Fsp3) is 0.276. The van der Waals surface area contributed by atoms with Crippen LogP contribution in [-0.2, 0) is 13.0 Å². The van der Waals surface area contributed by atoms with E-state index in [1.807, 2.05) is 55.7 Å². The number of urea groups is 1. The molecule has 2 aliphatic heterocycles. The van der Waals surface area contributed by atoms with Crippen molar-refractivity contribution in [2.24, 2.45) is 0 Å². The van der Waals surface area contributed by atoms with Crippen LogP contribution in [0.15, 0.2) is 60.8 Å². The van der Waals surface area contributed by atoms with Crippen molar-refractivity contribution in [2.75, 3.05) is 56.4 Å². The quantitative estimate of drug-likeness (QED) is 0.379. The third kappa shape index (κ3) is 4.68. The molecule has 0 unspecified atom stereocenters. The summed E-state index contributed by atoms with van der Waals surface area (Å²) in [7, 11) is 5.65. The molecule has 0 aliphatic carbocycles. The average Bonchev–Trinajstić information content (AvgIpc) is 3.26. The molecule has 3 aromatic carbocycles. The van der Waals surface area contributed by atoms with Gasteiger partial charge in [-0.15, -0.1) is 0 Å². The van der Waals surface area contributed by atoms with Crippen molar-refractivity contribution in [2.45, 2.75) is 13.0 Å². The van der Waals surface area contributed by atoms with E-state index in [1.165, 1.54) is 11.1 Å². The molecular formula is C29H31N7O2. The lowest BCUT2D eigenvalue weighted by Gasteiger charge is -2.26. The Morgan fingerprint density at radius 2 is 1.79 bits per heavy atom. The average molecular weight is 510 g/mol. The summed E-state index contributed by atoms with van der Waals surface area (Å²) in [6, 6.07) is 18.2. The highest BCUT2D eigenvalue weighted by molar-refractivity contribution is 5.94. The zero-order chi connectivity index (χ0) is 26.2. The zero-order valence-corrected chi connectivity index (χ0v) is 21.9. The molecule has 0 atom stereocenters. The molecule has 0 saturated carbocycles. The van der Waals surface area contributed by atoms with Gasteiger partial charge in [-0.2, -0.15) is 0 Å². The van der Waals surface area contributed by atoms with Gasteiger partial charge in [0.05, 0.1) is 18.3 Å². The van der Waals surface area contributed by atoms with E-state index < -0.39 is 0 Å². The van der Waals surface area contributed by atoms with Gasteiger partial charge in [0, 0.05) is 61.9 Å². The van der Waals surface area contributed by atoms with E-state index in [0.29, 0.717) is 12.5 Å². The summed E-state index contributed by atoms with van der Waals surface area (Å²) in [6.45, 7) is 3.37. The number of nitrogens with one attached hydrogen (secondary N) is 2. The van der Waals surface area contributed by atoms with Crippen LogP contribution < -0.4 is 20.3 Å². The Kier molecular flexibility index (Phi) is 6.21. The standard InChI is InChI=1S/C29H31N7O2/c1-34-10-9-19-14-27(38-3)26(13-21(19)18-34)33-28-30-17-20-7-8-23(16-25(20)32-28)31-22-5-4-6-24(15-22)36-12-11-35(2)29(36)37/h4-8,13-17,31H,9-12,18H2,1-3H3,(H,30,32,33). The number of anilines is 5. The number of amides is 2. The Bertz CT molecular complexity index is 1520. The summed E-state index contributed by atoms with van der Waals surface area (Å²) in [5.74, 6) is 1.30. The minimum Gasteiger partial charge on any atom is -0.495 e. The minimum absolute atomic E-state index is 0.0205. The van der Waals surface area contributed by atoms with Gasteiger partial charge in [0.1, 0.15) is 5.75 Å². The number of aromatic nitrogens is 2. The third-order valence-electron chi connectivity index (χ3n) is 7.22. The molecule has 0 radical (unpaired) electrons. The molecule has 3 heterocycles. The molecule has 9 nitrogen and oxygen atoms in total. The maximum absolute atomic E-state index is 12.4. The van der Waals surface area contributed by atoms with Gasteiger partial charge in [-0.1, -0.05) is 6.07 Å². The van der Waals surface area contributed by atoms with Crippen molar-refractivity contribution >= 4 is 45.6 Å². The number of hydrogen-bond donors (Lipinski definition) is 2. The first-order valence-corrected chi connectivity index (χ1v) is 12.8. The monoisotopic (exact) mass is 509 g/mol. The van der Waals surface area contributed by atoms with Gasteiger partial charge in [-0.05, 0) is 73.1 Å². The van der Waals surface area contributed by atoms with Crippen molar-refractivity contribution < 1.29 is 9.53 Å². The van der Waals surface area contributed by atoms with Gasteiger partial charge in [-0.25, -0.2) is 14.8 Å². The number of likely N-dealkylation sites (N-methyl/N-ethyl adjacent to an activating group) is 2. The van der Waals surface area contributed by atoms with Gasteiger partial charge < -0.3 is 25.2 Å². The van der Waals surface area contributed by atoms with Crippen molar-refractivity contribution in [1.29, 1.82) is 0 Å². The van der Waals surface area contributed by atoms with E-state index in [-0.39, 0.29) is 6.03 Å². The smallest absolute Gasteiger partial charge is 0.324 e. The largest absolute Gasteiger partial charge is 0.495 e. The SMILES string of the molecule is COc1cc2c(cc1Nc1ncc3ccc(Nc4cccc(N5CCN(C)C5=O)c4)cc3n1)CN(C)CC2. The molecule has 9 heteroatoms. The first kappa shape index (κ1) is 24.0. The number of fused-ring (bicyclic) bond motifs is 2. The maximum atomic E-state index is 12.4. The molecule has 6 rings (SSSR count). The molecule has 1 fully saturated rings. The number of methoxy groups -OCH3 is 1. The minimum atomic E-state index is 0.0205. The molecular weight excluding hydrogens is 478 g/mol. The molecule has 1 saturated heterocycles. The lowest BCUT2D eigenvalue weighted by Crippen LogP contribution is -2.29. The second kappa shape index (κ2) is 9.83. The number of rotatable bonds is 6. The maximum Gasteiger partial charge on any atom is 0.324 e. The van der Waals surface area contributed by atoms with Crippen LogP contribution in [0.25, 0.3) is 10.9 Å². The Labute approximate surface area is 222 Å². The van der Waals surface area contributed by atoms with Gasteiger partial charge in [-0.3, -0.25) is 4.90 Å². The van der Waals surface area contributed by atoms with E-state index in [0.717, 1.165) is 65.5 Å². The van der Waals surface area contributed by atoms with Crippen LogP contribution in [0.2, 0.25) is 0 Å². The van der Waals surface area contributed by atoms with Crippen molar-refractivity contribution in [3.05, 3.63) is 71.9 Å². The Morgan fingerprint density at radius 1 is 0.921 bits per heavy atom. The first-order valence-electron chi connectivity index (χ1n) is 12.8. The number of ether oxygens (including phenoxy) is 1. The second-order valence-corrected chi connectivity index (χ2v) is 9.93. The van der Waals surface area contributed by atoms with E-state index in [4.69, 9.17) is 9.72 Å². The summed E-state index contributed by atoms with van der Waals surface area (Å²) in [6.07, 6.45) is 2.84. The molecule has 4 aromatic rings. The number of carbonyl (C=O) groups excluding carboxylic acids is 1. The predicted molar refractivity (Wildman–Crippen MR) is 151 cm³/mol. The number of carbonyl (C=O) groups is 1. The lowest BCUT2D eigenvalue weighted by molar-refractivity contribution is 0.229. The molecule has 2 aliphatic rings. The molecule has 0 bridgehead atoms. The van der Waals surface area contributed by atoms with Gasteiger partial charge >= 0.3 is 6.03 Å². The predicted octanol–water partition coefficient (Wildman–Crippen LogP) is 4.99. The second-order valence-electron chi connectivity index (χ2n) is 9.93. The van der Waals surface area contributed by atoms with Gasteiger partial charge in [0.2, 0.25) is 5.95 Å². The van der Waals surface area contributed by atoms with Crippen LogP contribution in [0.5, 0.6) is 5.75 Å². The highest BCUT2D eigenvalue weighted by atomic mass is 16.5. The summed E-state index contributed by atoms with van der Waals surface area (Å²) in [5.41, 5.74) is 6.97. The molecule has 1 aromatic heterocycles. The highest BCUT2D eigenvalue weighted by Crippen LogP contribution is 2.33. The fourth-order valence-electron chi connectivity index (χ4n) is 5.08. The molecule has 2 amide bonds. The normalized spacial score (nSPS) is 15.6. The zero-order valence-electron chi connectivity index (χ0n) is 21.9. The van der Waals surface area contributed by atoms with Crippen LogP contribution in [0, 0.1) is 0 Å². The van der Waals surface area contributed by atoms with E-state index in [1.54, 1.807) is 16.9 Å². The van der Waals surface area contributed by atoms with Gasteiger partial charge in [0.25, 0.3) is 0 Å². The summed E-state index contributed by atoms with van der Waals surface area (Å²) < 4.78 is 5.67. The molecule has 2 N–H and O–H groups in total. The lowest BCUT2D eigenvalue weighted by atomic mass is 9.99. The summed E-state index contributed by atoms with van der Waals surface area (Å²) >= 11 is 0. The Morgan fingerprint density at radius 3 is 2.61 bits per heavy atom. The van der Waals surface area contributed by atoms with Crippen molar-refractivity contribution in [1.82, 2.24) is 19.8 Å². The van der Waals surface area contributed by atoms with Crippen LogP contribution >= 0.6 is 0 Å². The first-order chi connectivity index (χ1) is 18.5. The summed E-state index contributed by atoms with van der Waals surface area (Å²) in [5, 5.41) is 7.77. The molecule has 0 spiro atoms. The number of hydrogen-bond acceptors (Lipinski definition) is 7. The molecule has 194 valence electrons. The van der Waals surface area contributed by atoms with Crippen molar-refractivity contribution in [3.8, 4) is 5.75 Å².